The standard InChI is InChI=1S/C22H22N2O5/c1-3-15-9-11-17(12-10-15)24-22(27)18(21(26)23-24)13-16-7-5-6-8-19(16)29-14-20(25)28-4-2/h5-13H,3-4,14H2,1-2H3,(H,23,26)/b18-13-. The number of carbonyl (C=O) groups is 3. The fraction of sp³-hybridized carbons (Fsp3) is 0.227. The maximum atomic E-state index is 12.8. The molecule has 1 aliphatic heterocycles. The van der Waals surface area contributed by atoms with E-state index in [9.17, 15) is 14.4 Å². The molecule has 0 aromatic heterocycles. The Balaban J connectivity index is 1.82. The minimum atomic E-state index is -0.505. The van der Waals surface area contributed by atoms with Crippen LogP contribution in [-0.2, 0) is 25.5 Å². The summed E-state index contributed by atoms with van der Waals surface area (Å²) in [4.78, 5) is 36.7. The quantitative estimate of drug-likeness (QED) is 0.443. The number of carbonyl (C=O) groups excluding carboxylic acids is 3. The number of rotatable bonds is 7. The summed E-state index contributed by atoms with van der Waals surface area (Å²) in [5.41, 5.74) is 4.79. The van der Waals surface area contributed by atoms with Crippen molar-refractivity contribution in [2.75, 3.05) is 18.2 Å². The fourth-order valence-corrected chi connectivity index (χ4v) is 2.85. The molecule has 29 heavy (non-hydrogen) atoms. The van der Waals surface area contributed by atoms with Crippen LogP contribution in [0.15, 0.2) is 54.1 Å². The van der Waals surface area contributed by atoms with Gasteiger partial charge >= 0.3 is 5.97 Å². The number of amides is 2. The summed E-state index contributed by atoms with van der Waals surface area (Å²) in [6.45, 7) is 3.75. The number of ether oxygens (including phenoxy) is 2. The molecular weight excluding hydrogens is 372 g/mol. The first-order valence-electron chi connectivity index (χ1n) is 9.37. The van der Waals surface area contributed by atoms with E-state index in [1.165, 1.54) is 11.1 Å². The summed E-state index contributed by atoms with van der Waals surface area (Å²) in [6, 6.07) is 14.2. The van der Waals surface area contributed by atoms with Gasteiger partial charge in [-0.2, -0.15) is 0 Å². The monoisotopic (exact) mass is 394 g/mol. The minimum absolute atomic E-state index is 0.0169. The molecule has 0 bridgehead atoms. The van der Waals surface area contributed by atoms with Gasteiger partial charge in [0.15, 0.2) is 6.61 Å². The molecule has 0 aliphatic carbocycles. The Morgan fingerprint density at radius 1 is 1.07 bits per heavy atom. The molecule has 0 atom stereocenters. The highest BCUT2D eigenvalue weighted by molar-refractivity contribution is 6.31. The van der Waals surface area contributed by atoms with Gasteiger partial charge in [0.05, 0.1) is 12.3 Å². The van der Waals surface area contributed by atoms with Crippen LogP contribution >= 0.6 is 0 Å². The average molecular weight is 394 g/mol. The van der Waals surface area contributed by atoms with E-state index in [4.69, 9.17) is 9.47 Å². The number of aryl methyl sites for hydroxylation is 1. The van der Waals surface area contributed by atoms with Gasteiger partial charge in [-0.3, -0.25) is 15.0 Å². The van der Waals surface area contributed by atoms with Crippen LogP contribution in [0.3, 0.4) is 0 Å². The molecule has 0 saturated carbocycles. The Labute approximate surface area is 168 Å². The zero-order chi connectivity index (χ0) is 20.8. The molecule has 150 valence electrons. The fourth-order valence-electron chi connectivity index (χ4n) is 2.85. The van der Waals surface area contributed by atoms with Gasteiger partial charge in [0.1, 0.15) is 11.3 Å². The number of para-hydroxylation sites is 1. The second-order valence-corrected chi connectivity index (χ2v) is 6.29. The van der Waals surface area contributed by atoms with E-state index in [0.29, 0.717) is 17.0 Å². The second kappa shape index (κ2) is 9.05. The lowest BCUT2D eigenvalue weighted by molar-refractivity contribution is -0.145. The summed E-state index contributed by atoms with van der Waals surface area (Å²) in [6.07, 6.45) is 2.34. The molecule has 3 rings (SSSR count). The van der Waals surface area contributed by atoms with Crippen molar-refractivity contribution in [1.82, 2.24) is 5.43 Å². The summed E-state index contributed by atoms with van der Waals surface area (Å²) in [5, 5.41) is 1.22. The summed E-state index contributed by atoms with van der Waals surface area (Å²) < 4.78 is 10.3. The van der Waals surface area contributed by atoms with Crippen LogP contribution in [0, 0.1) is 0 Å². The highest BCUT2D eigenvalue weighted by Crippen LogP contribution is 2.25. The van der Waals surface area contributed by atoms with Crippen molar-refractivity contribution in [2.45, 2.75) is 20.3 Å². The van der Waals surface area contributed by atoms with Crippen LogP contribution in [0.5, 0.6) is 5.75 Å². The van der Waals surface area contributed by atoms with Gasteiger partial charge in [0, 0.05) is 5.56 Å². The third kappa shape index (κ3) is 4.63. The SMILES string of the molecule is CCOC(=O)COc1ccccc1/C=C1/C(=O)NN(c2ccc(CC)cc2)C1=O. The van der Waals surface area contributed by atoms with Crippen molar-refractivity contribution in [1.29, 1.82) is 0 Å². The van der Waals surface area contributed by atoms with E-state index in [1.54, 1.807) is 43.3 Å². The highest BCUT2D eigenvalue weighted by Gasteiger charge is 2.34. The average Bonchev–Trinajstić information content (AvgIpc) is 3.01. The van der Waals surface area contributed by atoms with Gasteiger partial charge in [-0.1, -0.05) is 37.3 Å². The molecule has 0 unspecified atom stereocenters. The number of hydrogen-bond donors (Lipinski definition) is 1. The van der Waals surface area contributed by atoms with Crippen LogP contribution < -0.4 is 15.2 Å². The maximum Gasteiger partial charge on any atom is 0.344 e. The number of benzene rings is 2. The zero-order valence-corrected chi connectivity index (χ0v) is 16.3. The summed E-state index contributed by atoms with van der Waals surface area (Å²) in [5.74, 6) is -1.08. The lowest BCUT2D eigenvalue weighted by atomic mass is 10.1. The molecule has 2 aromatic rings. The zero-order valence-electron chi connectivity index (χ0n) is 16.3. The molecule has 1 fully saturated rings. The smallest absolute Gasteiger partial charge is 0.344 e. The molecule has 1 heterocycles. The Hall–Kier alpha value is -3.61. The number of anilines is 1. The second-order valence-electron chi connectivity index (χ2n) is 6.29. The number of nitrogens with one attached hydrogen (secondary N) is 1. The third-order valence-corrected chi connectivity index (χ3v) is 4.36. The lowest BCUT2D eigenvalue weighted by Crippen LogP contribution is -2.35. The molecule has 7 heteroatoms. The van der Waals surface area contributed by atoms with E-state index < -0.39 is 17.8 Å². The summed E-state index contributed by atoms with van der Waals surface area (Å²) in [7, 11) is 0. The van der Waals surface area contributed by atoms with Crippen molar-refractivity contribution >= 4 is 29.5 Å². The molecule has 1 N–H and O–H groups in total. The first kappa shape index (κ1) is 20.1. The largest absolute Gasteiger partial charge is 0.481 e. The van der Waals surface area contributed by atoms with Gasteiger partial charge < -0.3 is 9.47 Å². The van der Waals surface area contributed by atoms with Gasteiger partial charge in [-0.25, -0.2) is 9.80 Å². The predicted octanol–water partition coefficient (Wildman–Crippen LogP) is 2.65. The van der Waals surface area contributed by atoms with Crippen molar-refractivity contribution in [3.8, 4) is 5.75 Å². The molecule has 0 spiro atoms. The Morgan fingerprint density at radius 3 is 2.48 bits per heavy atom. The summed E-state index contributed by atoms with van der Waals surface area (Å²) >= 11 is 0. The predicted molar refractivity (Wildman–Crippen MR) is 108 cm³/mol. The topological polar surface area (TPSA) is 84.9 Å². The lowest BCUT2D eigenvalue weighted by Gasteiger charge is -2.14. The maximum absolute atomic E-state index is 12.8. The normalized spacial score (nSPS) is 14.8. The van der Waals surface area contributed by atoms with Gasteiger partial charge in [-0.15, -0.1) is 0 Å². The minimum Gasteiger partial charge on any atom is -0.481 e. The van der Waals surface area contributed by atoms with Gasteiger partial charge in [0.25, 0.3) is 11.8 Å². The first-order chi connectivity index (χ1) is 14.0. The van der Waals surface area contributed by atoms with E-state index in [0.717, 1.165) is 12.0 Å². The number of hydrazine groups is 1. The van der Waals surface area contributed by atoms with Crippen LogP contribution in [0.1, 0.15) is 25.0 Å². The van der Waals surface area contributed by atoms with E-state index in [-0.39, 0.29) is 18.8 Å². The Kier molecular flexibility index (Phi) is 6.29. The van der Waals surface area contributed by atoms with E-state index >= 15 is 0 Å². The van der Waals surface area contributed by atoms with Gasteiger partial charge in [-0.05, 0) is 43.2 Å². The molecule has 1 saturated heterocycles. The molecule has 7 nitrogen and oxygen atoms in total. The van der Waals surface area contributed by atoms with Crippen LogP contribution in [0.25, 0.3) is 6.08 Å². The third-order valence-electron chi connectivity index (χ3n) is 4.36. The first-order valence-corrected chi connectivity index (χ1v) is 9.37. The van der Waals surface area contributed by atoms with Crippen molar-refractivity contribution in [3.63, 3.8) is 0 Å². The number of nitrogens with zero attached hydrogens (tertiary/aromatic N) is 1. The van der Waals surface area contributed by atoms with Crippen molar-refractivity contribution < 1.29 is 23.9 Å². The Bertz CT molecular complexity index is 950. The molecule has 2 amide bonds. The van der Waals surface area contributed by atoms with Gasteiger partial charge in [0.2, 0.25) is 0 Å². The Morgan fingerprint density at radius 2 is 1.79 bits per heavy atom. The van der Waals surface area contributed by atoms with Crippen LogP contribution in [-0.4, -0.2) is 31.0 Å². The van der Waals surface area contributed by atoms with Crippen molar-refractivity contribution in [2.24, 2.45) is 0 Å². The molecule has 2 aromatic carbocycles. The molecule has 0 radical (unpaired) electrons. The highest BCUT2D eigenvalue weighted by atomic mass is 16.6. The van der Waals surface area contributed by atoms with E-state index in [1.807, 2.05) is 19.1 Å². The van der Waals surface area contributed by atoms with Crippen LogP contribution in [0.2, 0.25) is 0 Å². The number of hydrogen-bond acceptors (Lipinski definition) is 5. The van der Waals surface area contributed by atoms with Crippen LogP contribution in [0.4, 0.5) is 5.69 Å². The molecular formula is C22H22N2O5. The van der Waals surface area contributed by atoms with E-state index in [2.05, 4.69) is 5.43 Å². The molecule has 1 aliphatic rings. The van der Waals surface area contributed by atoms with Crippen molar-refractivity contribution in [3.05, 3.63) is 65.2 Å². The number of esters is 1.